The molecule has 4 amide bonds. The molecular formula is C33H44FN7O4. The molecule has 242 valence electrons. The molecule has 4 heterocycles. The second-order valence-corrected chi connectivity index (χ2v) is 12.7. The van der Waals surface area contributed by atoms with Gasteiger partial charge in [0.25, 0.3) is 11.8 Å². The van der Waals surface area contributed by atoms with Gasteiger partial charge in [-0.25, -0.2) is 14.4 Å². The fourth-order valence-corrected chi connectivity index (χ4v) is 6.32. The molecule has 2 atom stereocenters. The predicted molar refractivity (Wildman–Crippen MR) is 167 cm³/mol. The zero-order chi connectivity index (χ0) is 32.1. The van der Waals surface area contributed by atoms with Gasteiger partial charge in [-0.1, -0.05) is 19.9 Å². The largest absolute Gasteiger partial charge is 0.355 e. The van der Waals surface area contributed by atoms with Crippen LogP contribution in [-0.4, -0.2) is 94.7 Å². The quantitative estimate of drug-likeness (QED) is 0.540. The molecule has 11 nitrogen and oxygen atoms in total. The van der Waals surface area contributed by atoms with Gasteiger partial charge in [0.2, 0.25) is 17.8 Å². The minimum atomic E-state index is -0.761. The molecule has 2 saturated heterocycles. The lowest BCUT2D eigenvalue weighted by Gasteiger charge is -2.32. The number of aromatic nitrogens is 2. The van der Waals surface area contributed by atoms with E-state index in [1.54, 1.807) is 19.1 Å². The number of piperidine rings is 1. The maximum atomic E-state index is 14.8. The molecule has 3 aliphatic heterocycles. The average Bonchev–Trinajstić information content (AvgIpc) is 3.53. The first kappa shape index (κ1) is 32.3. The summed E-state index contributed by atoms with van der Waals surface area (Å²) < 4.78 is 14.8. The monoisotopic (exact) mass is 621 g/mol. The second-order valence-electron chi connectivity index (χ2n) is 12.7. The number of benzene rings is 1. The summed E-state index contributed by atoms with van der Waals surface area (Å²) in [7, 11) is 0. The Morgan fingerprint density at radius 3 is 2.56 bits per heavy atom. The number of carbonyl (C=O) groups excluding carboxylic acids is 4. The van der Waals surface area contributed by atoms with E-state index in [2.05, 4.69) is 25.5 Å². The highest BCUT2D eigenvalue weighted by molar-refractivity contribution is 5.99. The molecule has 1 aromatic carbocycles. The van der Waals surface area contributed by atoms with Crippen molar-refractivity contribution in [3.8, 4) is 0 Å². The molecule has 0 aliphatic carbocycles. The first-order valence-corrected chi connectivity index (χ1v) is 16.2. The molecule has 0 unspecified atom stereocenters. The van der Waals surface area contributed by atoms with Crippen molar-refractivity contribution in [2.75, 3.05) is 44.2 Å². The van der Waals surface area contributed by atoms with Crippen molar-refractivity contribution >= 4 is 29.6 Å². The van der Waals surface area contributed by atoms with Crippen LogP contribution in [0.3, 0.4) is 0 Å². The number of nitrogens with one attached hydrogen (secondary N) is 2. The summed E-state index contributed by atoms with van der Waals surface area (Å²) in [4.78, 5) is 68.5. The summed E-state index contributed by atoms with van der Waals surface area (Å²) in [5, 5.41) is 5.94. The van der Waals surface area contributed by atoms with Gasteiger partial charge in [-0.3, -0.25) is 19.2 Å². The van der Waals surface area contributed by atoms with Crippen molar-refractivity contribution in [2.45, 2.75) is 77.8 Å². The molecule has 2 N–H and O–H groups in total. The number of nitrogens with zero attached hydrogens (tertiary/aromatic N) is 5. The van der Waals surface area contributed by atoms with E-state index in [4.69, 9.17) is 0 Å². The van der Waals surface area contributed by atoms with Gasteiger partial charge in [0.05, 0.1) is 23.4 Å². The topological polar surface area (TPSA) is 128 Å². The number of anilines is 1. The van der Waals surface area contributed by atoms with Crippen LogP contribution >= 0.6 is 0 Å². The lowest BCUT2D eigenvalue weighted by molar-refractivity contribution is -0.126. The smallest absolute Gasteiger partial charge is 0.257 e. The molecule has 5 rings (SSSR count). The number of aryl methyl sites for hydroxylation is 2. The van der Waals surface area contributed by atoms with Crippen molar-refractivity contribution in [1.29, 1.82) is 0 Å². The van der Waals surface area contributed by atoms with E-state index < -0.39 is 29.7 Å². The van der Waals surface area contributed by atoms with Crippen LogP contribution in [0, 0.1) is 18.7 Å². The van der Waals surface area contributed by atoms with E-state index in [1.807, 2.05) is 13.8 Å². The highest BCUT2D eigenvalue weighted by Crippen LogP contribution is 2.24. The SMILES string of the molecule is Cc1nc(N2CCCCC2)ncc1C(=O)N1CC(=O)NCCCc2ccc(F)c(c2)C(=O)N2CCC[C@H]2C(=O)N[C@H](C(C)C)C1. The fraction of sp³-hybridized carbons (Fsp3) is 0.576. The Bertz CT molecular complexity index is 1430. The van der Waals surface area contributed by atoms with E-state index in [-0.39, 0.29) is 36.4 Å². The summed E-state index contributed by atoms with van der Waals surface area (Å²) in [5.41, 5.74) is 1.54. The lowest BCUT2D eigenvalue weighted by atomic mass is 10.0. The molecule has 3 aliphatic rings. The molecule has 2 fully saturated rings. The Balaban J connectivity index is 1.42. The van der Waals surface area contributed by atoms with Gasteiger partial charge in [-0.05, 0) is 75.5 Å². The Labute approximate surface area is 263 Å². The normalized spacial score (nSPS) is 22.2. The molecule has 0 radical (unpaired) electrons. The Morgan fingerprint density at radius 1 is 1.04 bits per heavy atom. The number of amides is 4. The lowest BCUT2D eigenvalue weighted by Crippen LogP contribution is -2.55. The second kappa shape index (κ2) is 14.3. The average molecular weight is 622 g/mol. The van der Waals surface area contributed by atoms with Gasteiger partial charge in [-0.15, -0.1) is 0 Å². The molecule has 1 aromatic heterocycles. The van der Waals surface area contributed by atoms with Gasteiger partial charge in [0, 0.05) is 45.0 Å². The zero-order valence-corrected chi connectivity index (χ0v) is 26.5. The van der Waals surface area contributed by atoms with Crippen LogP contribution in [0.2, 0.25) is 0 Å². The highest BCUT2D eigenvalue weighted by Gasteiger charge is 2.37. The van der Waals surface area contributed by atoms with Crippen LogP contribution in [0.5, 0.6) is 0 Å². The van der Waals surface area contributed by atoms with Gasteiger partial charge in [-0.2, -0.15) is 0 Å². The van der Waals surface area contributed by atoms with Crippen molar-refractivity contribution < 1.29 is 23.6 Å². The summed E-state index contributed by atoms with van der Waals surface area (Å²) in [6.45, 7) is 7.92. The van der Waals surface area contributed by atoms with Gasteiger partial charge >= 0.3 is 0 Å². The van der Waals surface area contributed by atoms with Crippen LogP contribution in [0.25, 0.3) is 0 Å². The van der Waals surface area contributed by atoms with E-state index in [9.17, 15) is 23.6 Å². The van der Waals surface area contributed by atoms with Crippen molar-refractivity contribution in [1.82, 2.24) is 30.4 Å². The summed E-state index contributed by atoms with van der Waals surface area (Å²) in [5.74, 6) is -1.73. The molecule has 2 aromatic rings. The van der Waals surface area contributed by atoms with Crippen LogP contribution in [-0.2, 0) is 16.0 Å². The standard InChI is InChI=1S/C33H44FN7O4/c1-21(2)27-19-40(31(44)25-18-36-33(37-22(25)3)39-14-5-4-6-15-39)20-29(42)35-13-7-9-23-11-12-26(34)24(17-23)32(45)41-16-8-10-28(41)30(43)38-27/h11-12,17-18,21,27-28H,4-10,13-16,19-20H2,1-3H3,(H,35,42)(H,38,43)/t27-,28-/m0/s1. The number of halogens is 1. The minimum Gasteiger partial charge on any atom is -0.355 e. The number of carbonyl (C=O) groups is 4. The molecular weight excluding hydrogens is 577 g/mol. The third-order valence-electron chi connectivity index (χ3n) is 9.05. The van der Waals surface area contributed by atoms with E-state index >= 15 is 0 Å². The van der Waals surface area contributed by atoms with E-state index in [0.29, 0.717) is 56.0 Å². The summed E-state index contributed by atoms with van der Waals surface area (Å²) in [6, 6.07) is 3.18. The number of fused-ring (bicyclic) bond motifs is 3. The number of rotatable bonds is 3. The van der Waals surface area contributed by atoms with Crippen molar-refractivity contribution in [3.05, 3.63) is 52.6 Å². The summed E-state index contributed by atoms with van der Waals surface area (Å²) in [6.07, 6.45) is 7.01. The zero-order valence-electron chi connectivity index (χ0n) is 26.5. The molecule has 45 heavy (non-hydrogen) atoms. The fourth-order valence-electron chi connectivity index (χ4n) is 6.32. The maximum absolute atomic E-state index is 14.8. The molecule has 12 heteroatoms. The van der Waals surface area contributed by atoms with Crippen LogP contribution in [0.4, 0.5) is 10.3 Å². The van der Waals surface area contributed by atoms with Crippen molar-refractivity contribution in [3.63, 3.8) is 0 Å². The highest BCUT2D eigenvalue weighted by atomic mass is 19.1. The van der Waals surface area contributed by atoms with Gasteiger partial charge in [0.1, 0.15) is 11.9 Å². The first-order chi connectivity index (χ1) is 21.6. The van der Waals surface area contributed by atoms with Gasteiger partial charge < -0.3 is 25.3 Å². The predicted octanol–water partition coefficient (Wildman–Crippen LogP) is 2.86. The minimum absolute atomic E-state index is 0.0540. The third kappa shape index (κ3) is 7.59. The Kier molecular flexibility index (Phi) is 10.3. The Morgan fingerprint density at radius 2 is 1.82 bits per heavy atom. The molecule has 0 spiro atoms. The first-order valence-electron chi connectivity index (χ1n) is 16.2. The number of hydrogen-bond donors (Lipinski definition) is 2. The third-order valence-corrected chi connectivity index (χ3v) is 9.05. The van der Waals surface area contributed by atoms with E-state index in [1.165, 1.54) is 28.5 Å². The molecule has 0 saturated carbocycles. The van der Waals surface area contributed by atoms with Crippen LogP contribution in [0.15, 0.2) is 24.4 Å². The summed E-state index contributed by atoms with van der Waals surface area (Å²) >= 11 is 0. The van der Waals surface area contributed by atoms with Crippen LogP contribution < -0.4 is 15.5 Å². The molecule has 2 bridgehead atoms. The van der Waals surface area contributed by atoms with Gasteiger partial charge in [0.15, 0.2) is 0 Å². The van der Waals surface area contributed by atoms with E-state index in [0.717, 1.165) is 31.5 Å². The van der Waals surface area contributed by atoms with Crippen molar-refractivity contribution in [2.24, 2.45) is 5.92 Å². The van der Waals surface area contributed by atoms with Crippen LogP contribution in [0.1, 0.15) is 84.3 Å². The maximum Gasteiger partial charge on any atom is 0.257 e. The Hall–Kier alpha value is -4.09. The number of hydrogen-bond acceptors (Lipinski definition) is 7.